The molecule has 1 fully saturated rings. The third-order valence-corrected chi connectivity index (χ3v) is 6.04. The largest absolute Gasteiger partial charge is 0.352 e. The molecular weight excluding hydrogens is 410 g/mol. The van der Waals surface area contributed by atoms with Crippen molar-refractivity contribution in [3.8, 4) is 6.07 Å². The van der Waals surface area contributed by atoms with Crippen LogP contribution < -0.4 is 10.2 Å². The summed E-state index contributed by atoms with van der Waals surface area (Å²) < 4.78 is 0. The summed E-state index contributed by atoms with van der Waals surface area (Å²) in [6, 6.07) is 16.2. The van der Waals surface area contributed by atoms with Gasteiger partial charge in [-0.2, -0.15) is 5.26 Å². The van der Waals surface area contributed by atoms with Crippen molar-refractivity contribution in [2.45, 2.75) is 6.54 Å². The quantitative estimate of drug-likeness (QED) is 0.671. The van der Waals surface area contributed by atoms with Crippen LogP contribution in [0.1, 0.15) is 31.2 Å². The number of nitriles is 1. The predicted molar refractivity (Wildman–Crippen MR) is 119 cm³/mol. The lowest BCUT2D eigenvalue weighted by atomic mass is 10.1. The predicted octanol–water partition coefficient (Wildman–Crippen LogP) is 2.91. The number of hydrogen-bond acceptors (Lipinski definition) is 6. The Morgan fingerprint density at radius 2 is 1.84 bits per heavy atom. The summed E-state index contributed by atoms with van der Waals surface area (Å²) in [5.74, 6) is 0.420. The smallest absolute Gasteiger partial charge is 0.255 e. The molecule has 8 heteroatoms. The number of nitrogens with zero attached hydrogens (tertiary/aromatic N) is 4. The minimum absolute atomic E-state index is 0.0564. The highest BCUT2D eigenvalue weighted by molar-refractivity contribution is 7.09. The van der Waals surface area contributed by atoms with E-state index in [1.54, 1.807) is 58.8 Å². The van der Waals surface area contributed by atoms with Gasteiger partial charge in [-0.25, -0.2) is 4.98 Å². The Kier molecular flexibility index (Phi) is 6.24. The Labute approximate surface area is 184 Å². The van der Waals surface area contributed by atoms with Gasteiger partial charge in [0, 0.05) is 42.8 Å². The van der Waals surface area contributed by atoms with Crippen LogP contribution in [0.15, 0.2) is 60.1 Å². The molecule has 7 nitrogen and oxygen atoms in total. The van der Waals surface area contributed by atoms with Gasteiger partial charge in [-0.05, 0) is 47.8 Å². The van der Waals surface area contributed by atoms with E-state index in [0.717, 1.165) is 4.88 Å². The van der Waals surface area contributed by atoms with Gasteiger partial charge in [0.1, 0.15) is 5.82 Å². The van der Waals surface area contributed by atoms with E-state index in [-0.39, 0.29) is 11.8 Å². The summed E-state index contributed by atoms with van der Waals surface area (Å²) in [6.45, 7) is 2.73. The Hall–Kier alpha value is -3.70. The maximum Gasteiger partial charge on any atom is 0.255 e. The molecule has 0 spiro atoms. The van der Waals surface area contributed by atoms with Crippen molar-refractivity contribution in [1.82, 2.24) is 15.2 Å². The third-order valence-electron chi connectivity index (χ3n) is 5.16. The second kappa shape index (κ2) is 9.41. The molecule has 0 atom stereocenters. The van der Waals surface area contributed by atoms with Crippen molar-refractivity contribution in [2.24, 2.45) is 0 Å². The highest BCUT2D eigenvalue weighted by atomic mass is 32.1. The summed E-state index contributed by atoms with van der Waals surface area (Å²) in [7, 11) is 0. The van der Waals surface area contributed by atoms with Gasteiger partial charge in [-0.3, -0.25) is 9.59 Å². The number of piperazine rings is 1. The van der Waals surface area contributed by atoms with Crippen molar-refractivity contribution in [3.05, 3.63) is 81.7 Å². The number of anilines is 1. The maximum absolute atomic E-state index is 12.8. The molecule has 3 heterocycles. The first-order valence-electron chi connectivity index (χ1n) is 9.95. The molecule has 0 unspecified atom stereocenters. The molecule has 2 aromatic heterocycles. The lowest BCUT2D eigenvalue weighted by Crippen LogP contribution is -2.49. The van der Waals surface area contributed by atoms with E-state index >= 15 is 0 Å². The number of nitrogens with one attached hydrogen (secondary N) is 1. The van der Waals surface area contributed by atoms with Crippen LogP contribution in [0.4, 0.5) is 5.82 Å². The average molecular weight is 432 g/mol. The number of carbonyl (C=O) groups excluding carboxylic acids is 2. The zero-order valence-corrected chi connectivity index (χ0v) is 17.6. The van der Waals surface area contributed by atoms with Crippen molar-refractivity contribution < 1.29 is 9.59 Å². The summed E-state index contributed by atoms with van der Waals surface area (Å²) in [4.78, 5) is 34.9. The number of amides is 2. The van der Waals surface area contributed by atoms with Gasteiger partial charge < -0.3 is 15.1 Å². The first-order valence-corrected chi connectivity index (χ1v) is 10.8. The number of pyridine rings is 1. The first-order chi connectivity index (χ1) is 15.2. The van der Waals surface area contributed by atoms with Crippen LogP contribution in [0.2, 0.25) is 0 Å². The van der Waals surface area contributed by atoms with Crippen LogP contribution in [-0.2, 0) is 6.54 Å². The van der Waals surface area contributed by atoms with Crippen molar-refractivity contribution in [3.63, 3.8) is 0 Å². The summed E-state index contributed by atoms with van der Waals surface area (Å²) >= 11 is 1.60. The number of carbonyl (C=O) groups is 2. The Bertz CT molecular complexity index is 1100. The second-order valence-electron chi connectivity index (χ2n) is 7.11. The van der Waals surface area contributed by atoms with E-state index in [1.807, 2.05) is 22.4 Å². The summed E-state index contributed by atoms with van der Waals surface area (Å²) in [5, 5.41) is 13.8. The highest BCUT2D eigenvalue weighted by Crippen LogP contribution is 2.20. The molecule has 1 saturated heterocycles. The minimum atomic E-state index is -0.160. The molecule has 1 aliphatic rings. The number of benzene rings is 1. The van der Waals surface area contributed by atoms with E-state index in [9.17, 15) is 9.59 Å². The van der Waals surface area contributed by atoms with Crippen LogP contribution in [-0.4, -0.2) is 47.9 Å². The van der Waals surface area contributed by atoms with E-state index in [0.29, 0.717) is 55.2 Å². The lowest BCUT2D eigenvalue weighted by molar-refractivity contribution is 0.0745. The molecule has 0 bridgehead atoms. The topological polar surface area (TPSA) is 89.3 Å². The summed E-state index contributed by atoms with van der Waals surface area (Å²) in [5.41, 5.74) is 1.63. The Morgan fingerprint density at radius 3 is 2.52 bits per heavy atom. The average Bonchev–Trinajstić information content (AvgIpc) is 3.36. The fraction of sp³-hybridized carbons (Fsp3) is 0.217. The zero-order valence-electron chi connectivity index (χ0n) is 16.8. The Morgan fingerprint density at radius 1 is 1.06 bits per heavy atom. The molecule has 0 aliphatic carbocycles. The third kappa shape index (κ3) is 4.73. The minimum Gasteiger partial charge on any atom is -0.352 e. The first kappa shape index (κ1) is 20.6. The fourth-order valence-electron chi connectivity index (χ4n) is 3.49. The maximum atomic E-state index is 12.8. The molecule has 1 aromatic carbocycles. The van der Waals surface area contributed by atoms with E-state index in [2.05, 4.69) is 16.4 Å². The zero-order chi connectivity index (χ0) is 21.6. The van der Waals surface area contributed by atoms with Gasteiger partial charge in [0.15, 0.2) is 0 Å². The van der Waals surface area contributed by atoms with Gasteiger partial charge in [0.05, 0.1) is 23.7 Å². The number of aromatic nitrogens is 1. The van der Waals surface area contributed by atoms with Crippen LogP contribution in [0, 0.1) is 11.3 Å². The van der Waals surface area contributed by atoms with Crippen molar-refractivity contribution >= 4 is 29.0 Å². The normalized spacial score (nSPS) is 13.5. The van der Waals surface area contributed by atoms with Crippen molar-refractivity contribution in [2.75, 3.05) is 31.1 Å². The molecule has 3 aromatic rings. The molecule has 156 valence electrons. The molecule has 2 amide bonds. The van der Waals surface area contributed by atoms with Gasteiger partial charge in [-0.15, -0.1) is 11.3 Å². The SMILES string of the molecule is N#Cc1ccc(C(=O)N2CCN(c3ncccc3C(=O)NCc3cccs3)CC2)cc1. The number of thiophene rings is 1. The van der Waals surface area contributed by atoms with Gasteiger partial charge in [0.25, 0.3) is 11.8 Å². The van der Waals surface area contributed by atoms with Crippen LogP contribution in [0.25, 0.3) is 0 Å². The van der Waals surface area contributed by atoms with Gasteiger partial charge in [0.2, 0.25) is 0 Å². The molecule has 1 aliphatic heterocycles. The summed E-state index contributed by atoms with van der Waals surface area (Å²) in [6.07, 6.45) is 1.68. The molecule has 1 N–H and O–H groups in total. The Balaban J connectivity index is 1.40. The monoisotopic (exact) mass is 431 g/mol. The fourth-order valence-corrected chi connectivity index (χ4v) is 4.14. The van der Waals surface area contributed by atoms with Gasteiger partial charge >= 0.3 is 0 Å². The van der Waals surface area contributed by atoms with E-state index in [4.69, 9.17) is 5.26 Å². The number of hydrogen-bond donors (Lipinski definition) is 1. The van der Waals surface area contributed by atoms with E-state index in [1.165, 1.54) is 0 Å². The molecule has 4 rings (SSSR count). The van der Waals surface area contributed by atoms with Gasteiger partial charge in [-0.1, -0.05) is 6.07 Å². The number of rotatable bonds is 5. The molecule has 0 radical (unpaired) electrons. The molecule has 31 heavy (non-hydrogen) atoms. The lowest BCUT2D eigenvalue weighted by Gasteiger charge is -2.36. The standard InChI is InChI=1S/C23H21N5O2S/c24-15-17-5-7-18(8-6-17)23(30)28-12-10-27(11-13-28)21-20(4-1-9-25-21)22(29)26-16-19-3-2-14-31-19/h1-9,14H,10-13,16H2,(H,26,29). The van der Waals surface area contributed by atoms with Crippen molar-refractivity contribution in [1.29, 1.82) is 5.26 Å². The second-order valence-corrected chi connectivity index (χ2v) is 8.14. The van der Waals surface area contributed by atoms with E-state index < -0.39 is 0 Å². The molecular formula is C23H21N5O2S. The highest BCUT2D eigenvalue weighted by Gasteiger charge is 2.25. The molecule has 0 saturated carbocycles. The van der Waals surface area contributed by atoms with Crippen LogP contribution >= 0.6 is 11.3 Å². The van der Waals surface area contributed by atoms with Crippen LogP contribution in [0.3, 0.4) is 0 Å². The van der Waals surface area contributed by atoms with Crippen LogP contribution in [0.5, 0.6) is 0 Å².